The summed E-state index contributed by atoms with van der Waals surface area (Å²) in [6.07, 6.45) is 0. The summed E-state index contributed by atoms with van der Waals surface area (Å²) < 4.78 is 25.7. The molecule has 4 rings (SSSR count). The molecule has 1 saturated heterocycles. The van der Waals surface area contributed by atoms with E-state index in [9.17, 15) is 13.2 Å². The van der Waals surface area contributed by atoms with Gasteiger partial charge in [0.2, 0.25) is 10.0 Å². The number of hydrogen-bond donors (Lipinski definition) is 1. The maximum atomic E-state index is 13.0. The Morgan fingerprint density at radius 2 is 1.62 bits per heavy atom. The van der Waals surface area contributed by atoms with E-state index in [0.29, 0.717) is 38.3 Å². The minimum Gasteiger partial charge on any atom is -0.321 e. The number of hydrogen-bond acceptors (Lipinski definition) is 5. The quantitative estimate of drug-likeness (QED) is 0.496. The Labute approximate surface area is 206 Å². The fourth-order valence-electron chi connectivity index (χ4n) is 3.89. The third kappa shape index (κ3) is 6.27. The smallest absolute Gasteiger partial charge is 0.255 e. The summed E-state index contributed by atoms with van der Waals surface area (Å²) in [6.45, 7) is 4.73. The summed E-state index contributed by atoms with van der Waals surface area (Å²) in [6, 6.07) is 25.5. The molecule has 1 amide bonds. The summed E-state index contributed by atoms with van der Waals surface area (Å²) in [7, 11) is -3.14. The first kappa shape index (κ1) is 24.5. The molecule has 0 unspecified atom stereocenters. The summed E-state index contributed by atoms with van der Waals surface area (Å²) in [4.78, 5) is 17.4. The van der Waals surface area contributed by atoms with E-state index >= 15 is 0 Å². The van der Waals surface area contributed by atoms with Crippen molar-refractivity contribution >= 4 is 33.4 Å². The Bertz CT molecular complexity index is 1220. The first-order valence-corrected chi connectivity index (χ1v) is 13.8. The van der Waals surface area contributed by atoms with E-state index in [1.165, 1.54) is 0 Å². The molecule has 3 aromatic carbocycles. The minimum absolute atomic E-state index is 0.136. The lowest BCUT2D eigenvalue weighted by molar-refractivity contribution is 0.102. The summed E-state index contributed by atoms with van der Waals surface area (Å²) in [5, 5.41) is 3.06. The molecule has 0 atom stereocenters. The molecule has 0 radical (unpaired) electrons. The molecular weight excluding hydrogens is 466 g/mol. The number of benzene rings is 3. The maximum absolute atomic E-state index is 13.0. The van der Waals surface area contributed by atoms with Crippen LogP contribution in [0, 0.1) is 0 Å². The number of amides is 1. The Hall–Kier alpha value is -2.65. The number of para-hydroxylation sites is 1. The molecule has 8 heteroatoms. The van der Waals surface area contributed by atoms with Crippen LogP contribution < -0.4 is 5.32 Å². The second kappa shape index (κ2) is 11.2. The number of nitrogens with zero attached hydrogens (tertiary/aromatic N) is 2. The number of nitrogens with one attached hydrogen (secondary N) is 1. The zero-order chi connectivity index (χ0) is 24.0. The van der Waals surface area contributed by atoms with E-state index < -0.39 is 10.0 Å². The fraction of sp³-hybridized carbons (Fsp3) is 0.269. The Morgan fingerprint density at radius 1 is 0.912 bits per heavy atom. The highest BCUT2D eigenvalue weighted by Gasteiger charge is 2.25. The second-order valence-corrected chi connectivity index (χ2v) is 11.5. The monoisotopic (exact) mass is 495 g/mol. The van der Waals surface area contributed by atoms with Gasteiger partial charge in [-0.25, -0.2) is 8.42 Å². The zero-order valence-electron chi connectivity index (χ0n) is 19.2. The molecule has 1 heterocycles. The Kier molecular flexibility index (Phi) is 8.05. The Morgan fingerprint density at radius 3 is 2.35 bits per heavy atom. The number of sulfonamides is 1. The van der Waals surface area contributed by atoms with Crippen molar-refractivity contribution in [3.05, 3.63) is 90.0 Å². The number of carbonyl (C=O) groups excluding carboxylic acids is 1. The third-order valence-corrected chi connectivity index (χ3v) is 8.76. The minimum atomic E-state index is -3.14. The van der Waals surface area contributed by atoms with Gasteiger partial charge in [0.25, 0.3) is 5.91 Å². The van der Waals surface area contributed by atoms with Gasteiger partial charge < -0.3 is 5.32 Å². The van der Waals surface area contributed by atoms with Crippen LogP contribution in [-0.4, -0.2) is 55.5 Å². The first-order chi connectivity index (χ1) is 16.4. The van der Waals surface area contributed by atoms with E-state index in [-0.39, 0.29) is 11.7 Å². The van der Waals surface area contributed by atoms with E-state index in [2.05, 4.69) is 10.2 Å². The zero-order valence-corrected chi connectivity index (χ0v) is 20.8. The van der Waals surface area contributed by atoms with Crippen molar-refractivity contribution in [2.45, 2.75) is 23.3 Å². The molecular formula is C26H29N3O3S2. The molecule has 1 aliphatic heterocycles. The molecule has 0 bridgehead atoms. The molecule has 0 aromatic heterocycles. The van der Waals surface area contributed by atoms with Gasteiger partial charge in [-0.3, -0.25) is 9.69 Å². The van der Waals surface area contributed by atoms with Gasteiger partial charge in [-0.2, -0.15) is 4.31 Å². The van der Waals surface area contributed by atoms with Gasteiger partial charge in [-0.1, -0.05) is 54.2 Å². The van der Waals surface area contributed by atoms with Gasteiger partial charge in [0, 0.05) is 48.1 Å². The highest BCUT2D eigenvalue weighted by Crippen LogP contribution is 2.33. The first-order valence-electron chi connectivity index (χ1n) is 11.4. The average molecular weight is 496 g/mol. The molecule has 0 saturated carbocycles. The van der Waals surface area contributed by atoms with Crippen molar-refractivity contribution in [2.75, 3.05) is 37.2 Å². The van der Waals surface area contributed by atoms with Crippen molar-refractivity contribution in [2.24, 2.45) is 0 Å². The van der Waals surface area contributed by atoms with Gasteiger partial charge in [-0.15, -0.1) is 0 Å². The van der Waals surface area contributed by atoms with Crippen LogP contribution >= 0.6 is 11.8 Å². The van der Waals surface area contributed by atoms with Crippen LogP contribution in [0.5, 0.6) is 0 Å². The summed E-state index contributed by atoms with van der Waals surface area (Å²) in [5.41, 5.74) is 2.41. The van der Waals surface area contributed by atoms with Crippen LogP contribution in [0.4, 0.5) is 5.69 Å². The van der Waals surface area contributed by atoms with E-state index in [4.69, 9.17) is 0 Å². The van der Waals surface area contributed by atoms with Crippen LogP contribution in [0.25, 0.3) is 0 Å². The van der Waals surface area contributed by atoms with Gasteiger partial charge >= 0.3 is 0 Å². The maximum Gasteiger partial charge on any atom is 0.255 e. The molecule has 0 spiro atoms. The molecule has 0 aliphatic carbocycles. The van der Waals surface area contributed by atoms with Crippen LogP contribution in [0.3, 0.4) is 0 Å². The molecule has 3 aromatic rings. The van der Waals surface area contributed by atoms with Gasteiger partial charge in [0.05, 0.1) is 11.4 Å². The standard InChI is InChI=1S/C26H29N3O3S2/c1-2-34(31,32)29-17-15-28(16-18-29)20-21-9-8-10-22(19-21)26(30)27-24-13-6-7-14-25(24)33-23-11-4-3-5-12-23/h3-14,19H,2,15-18,20H2,1H3,(H,27,30). The molecule has 178 valence electrons. The van der Waals surface area contributed by atoms with Crippen LogP contribution in [0.1, 0.15) is 22.8 Å². The van der Waals surface area contributed by atoms with E-state index in [0.717, 1.165) is 21.0 Å². The normalized spacial score (nSPS) is 15.2. The van der Waals surface area contributed by atoms with Crippen molar-refractivity contribution < 1.29 is 13.2 Å². The molecule has 6 nitrogen and oxygen atoms in total. The number of anilines is 1. The lowest BCUT2D eigenvalue weighted by atomic mass is 10.1. The summed E-state index contributed by atoms with van der Waals surface area (Å²) in [5.74, 6) is -0.0150. The predicted molar refractivity (Wildman–Crippen MR) is 138 cm³/mol. The van der Waals surface area contributed by atoms with Gasteiger partial charge in [0.1, 0.15) is 0 Å². The SMILES string of the molecule is CCS(=O)(=O)N1CCN(Cc2cccc(C(=O)Nc3ccccc3Sc3ccccc3)c2)CC1. The van der Waals surface area contributed by atoms with E-state index in [1.54, 1.807) is 23.0 Å². The largest absolute Gasteiger partial charge is 0.321 e. The van der Waals surface area contributed by atoms with Gasteiger partial charge in [-0.05, 0) is 48.9 Å². The number of piperazine rings is 1. The topological polar surface area (TPSA) is 69.7 Å². The molecule has 1 aliphatic rings. The van der Waals surface area contributed by atoms with Crippen molar-refractivity contribution in [1.29, 1.82) is 0 Å². The molecule has 34 heavy (non-hydrogen) atoms. The number of carbonyl (C=O) groups is 1. The Balaban J connectivity index is 1.40. The lowest BCUT2D eigenvalue weighted by Gasteiger charge is -2.33. The van der Waals surface area contributed by atoms with Crippen molar-refractivity contribution in [3.8, 4) is 0 Å². The van der Waals surface area contributed by atoms with Crippen molar-refractivity contribution in [3.63, 3.8) is 0 Å². The predicted octanol–water partition coefficient (Wildman–Crippen LogP) is 4.56. The van der Waals surface area contributed by atoms with Crippen LogP contribution in [0.2, 0.25) is 0 Å². The lowest BCUT2D eigenvalue weighted by Crippen LogP contribution is -2.48. The van der Waals surface area contributed by atoms with Crippen LogP contribution in [0.15, 0.2) is 88.7 Å². The fourth-order valence-corrected chi connectivity index (χ4v) is 5.89. The summed E-state index contributed by atoms with van der Waals surface area (Å²) >= 11 is 1.61. The van der Waals surface area contributed by atoms with Crippen molar-refractivity contribution in [1.82, 2.24) is 9.21 Å². The highest BCUT2D eigenvalue weighted by atomic mass is 32.2. The number of rotatable bonds is 8. The third-order valence-electron chi connectivity index (χ3n) is 5.79. The highest BCUT2D eigenvalue weighted by molar-refractivity contribution is 7.99. The molecule has 1 fully saturated rings. The van der Waals surface area contributed by atoms with E-state index in [1.807, 2.05) is 78.9 Å². The second-order valence-electron chi connectivity index (χ2n) is 8.14. The molecule has 1 N–H and O–H groups in total. The average Bonchev–Trinajstić information content (AvgIpc) is 2.86. The van der Waals surface area contributed by atoms with Gasteiger partial charge in [0.15, 0.2) is 0 Å². The van der Waals surface area contributed by atoms with Crippen LogP contribution in [-0.2, 0) is 16.6 Å².